The molecule has 0 amide bonds. The van der Waals surface area contributed by atoms with E-state index >= 15 is 0 Å². The monoisotopic (exact) mass is 263 g/mol. The number of aromatic nitrogens is 2. The Morgan fingerprint density at radius 2 is 2.00 bits per heavy atom. The summed E-state index contributed by atoms with van der Waals surface area (Å²) >= 11 is -1.23. The van der Waals surface area contributed by atoms with E-state index in [0.29, 0.717) is 11.2 Å². The Kier molecular flexibility index (Phi) is 3.54. The third kappa shape index (κ3) is 2.53. The highest BCUT2D eigenvalue weighted by atomic mass is 32.2. The van der Waals surface area contributed by atoms with Crippen LogP contribution in [0.2, 0.25) is 0 Å². The fourth-order valence-electron chi connectivity index (χ4n) is 2.44. The second-order valence-corrected chi connectivity index (χ2v) is 5.94. The van der Waals surface area contributed by atoms with Crippen molar-refractivity contribution in [2.45, 2.75) is 43.3 Å². The van der Waals surface area contributed by atoms with Gasteiger partial charge in [-0.25, -0.2) is 0 Å². The van der Waals surface area contributed by atoms with Crippen LogP contribution in [0, 0.1) is 0 Å². The standard InChI is InChI=1S/C13H17N3OS/c17-18(16-10-6-2-1-3-7-10)13-14-11-8-4-5-9-12(11)15-13/h4-5,8-10,16H,1-3,6-7H2,(H,14,15). The molecule has 0 aliphatic heterocycles. The lowest BCUT2D eigenvalue weighted by atomic mass is 9.96. The Labute approximate surface area is 110 Å². The summed E-state index contributed by atoms with van der Waals surface area (Å²) in [6.07, 6.45) is 6.00. The minimum absolute atomic E-state index is 0.368. The first-order chi connectivity index (χ1) is 8.83. The predicted octanol–water partition coefficient (Wildman–Crippen LogP) is 2.51. The highest BCUT2D eigenvalue weighted by Gasteiger charge is 2.23. The molecule has 1 aliphatic rings. The first kappa shape index (κ1) is 12.0. The molecule has 96 valence electrons. The Bertz CT molecular complexity index is 489. The van der Waals surface area contributed by atoms with Gasteiger partial charge in [-0.1, -0.05) is 31.4 Å². The van der Waals surface area contributed by atoms with Crippen molar-refractivity contribution >= 4 is 22.4 Å². The van der Waals surface area contributed by atoms with E-state index in [0.717, 1.165) is 23.9 Å². The summed E-state index contributed by atoms with van der Waals surface area (Å²) < 4.78 is 15.4. The van der Waals surface area contributed by atoms with Gasteiger partial charge in [-0.05, 0) is 25.0 Å². The molecule has 0 radical (unpaired) electrons. The van der Waals surface area contributed by atoms with Crippen molar-refractivity contribution in [1.29, 1.82) is 0 Å². The van der Waals surface area contributed by atoms with E-state index in [4.69, 9.17) is 0 Å². The highest BCUT2D eigenvalue weighted by molar-refractivity contribution is 7.89. The van der Waals surface area contributed by atoms with Crippen molar-refractivity contribution in [2.24, 2.45) is 0 Å². The van der Waals surface area contributed by atoms with E-state index in [9.17, 15) is 4.55 Å². The Hall–Kier alpha value is -1.04. The smallest absolute Gasteiger partial charge is 0.343 e. The molecular formula is C13H17N3OS. The average Bonchev–Trinajstić information content (AvgIpc) is 2.84. The topological polar surface area (TPSA) is 63.8 Å². The first-order valence-corrected chi connectivity index (χ1v) is 7.60. The molecule has 1 saturated carbocycles. The van der Waals surface area contributed by atoms with E-state index in [1.165, 1.54) is 19.3 Å². The molecular weight excluding hydrogens is 246 g/mol. The molecule has 0 bridgehead atoms. The molecule has 1 unspecified atom stereocenters. The van der Waals surface area contributed by atoms with Gasteiger partial charge in [0, 0.05) is 0 Å². The minimum Gasteiger partial charge on any atom is -0.590 e. The van der Waals surface area contributed by atoms with E-state index in [2.05, 4.69) is 14.7 Å². The summed E-state index contributed by atoms with van der Waals surface area (Å²) in [4.78, 5) is 7.47. The molecule has 1 fully saturated rings. The van der Waals surface area contributed by atoms with Gasteiger partial charge < -0.3 is 4.55 Å². The molecule has 1 atom stereocenters. The maximum Gasteiger partial charge on any atom is 0.343 e. The van der Waals surface area contributed by atoms with Crippen LogP contribution in [0.1, 0.15) is 32.1 Å². The highest BCUT2D eigenvalue weighted by Crippen LogP contribution is 2.20. The van der Waals surface area contributed by atoms with Crippen LogP contribution in [0.4, 0.5) is 0 Å². The zero-order valence-electron chi connectivity index (χ0n) is 10.2. The summed E-state index contributed by atoms with van der Waals surface area (Å²) in [5.74, 6) is 0. The van der Waals surface area contributed by atoms with Gasteiger partial charge in [-0.2, -0.15) is 4.98 Å². The maximum atomic E-state index is 12.2. The van der Waals surface area contributed by atoms with Gasteiger partial charge in [-0.3, -0.25) is 4.98 Å². The molecule has 0 saturated heterocycles. The van der Waals surface area contributed by atoms with Crippen LogP contribution in [0.25, 0.3) is 11.0 Å². The maximum absolute atomic E-state index is 12.2. The summed E-state index contributed by atoms with van der Waals surface area (Å²) in [5.41, 5.74) is 1.80. The van der Waals surface area contributed by atoms with Crippen molar-refractivity contribution in [3.63, 3.8) is 0 Å². The quantitative estimate of drug-likeness (QED) is 0.836. The number of imidazole rings is 1. The van der Waals surface area contributed by atoms with Gasteiger partial charge in [0.2, 0.25) is 0 Å². The van der Waals surface area contributed by atoms with Crippen molar-refractivity contribution in [2.75, 3.05) is 0 Å². The fourth-order valence-corrected chi connectivity index (χ4v) is 3.48. The van der Waals surface area contributed by atoms with Crippen LogP contribution in [-0.4, -0.2) is 20.6 Å². The molecule has 1 aromatic heterocycles. The summed E-state index contributed by atoms with van der Waals surface area (Å²) in [7, 11) is 0. The lowest BCUT2D eigenvalue weighted by Crippen LogP contribution is -2.36. The van der Waals surface area contributed by atoms with Gasteiger partial charge in [0.05, 0.1) is 17.1 Å². The van der Waals surface area contributed by atoms with Crippen molar-refractivity contribution in [1.82, 2.24) is 14.7 Å². The minimum atomic E-state index is -1.23. The zero-order valence-corrected chi connectivity index (χ0v) is 11.0. The number of hydrogen-bond donors (Lipinski definition) is 2. The van der Waals surface area contributed by atoms with E-state index in [1.807, 2.05) is 24.3 Å². The average molecular weight is 263 g/mol. The second-order valence-electron chi connectivity index (χ2n) is 4.78. The number of H-pyrrole nitrogens is 1. The lowest BCUT2D eigenvalue weighted by Gasteiger charge is -2.21. The molecule has 1 aliphatic carbocycles. The number of fused-ring (bicyclic) bond motifs is 1. The van der Waals surface area contributed by atoms with E-state index < -0.39 is 11.4 Å². The van der Waals surface area contributed by atoms with Gasteiger partial charge in [-0.15, -0.1) is 4.72 Å². The third-order valence-corrected chi connectivity index (χ3v) is 4.51. The van der Waals surface area contributed by atoms with Gasteiger partial charge in [0.15, 0.2) is 0 Å². The van der Waals surface area contributed by atoms with Crippen LogP contribution < -0.4 is 4.72 Å². The van der Waals surface area contributed by atoms with E-state index in [1.54, 1.807) is 0 Å². The number of rotatable bonds is 3. The van der Waals surface area contributed by atoms with Crippen molar-refractivity contribution in [3.8, 4) is 0 Å². The molecule has 3 rings (SSSR count). The molecule has 1 aromatic carbocycles. The van der Waals surface area contributed by atoms with Gasteiger partial charge >= 0.3 is 5.16 Å². The number of nitrogens with one attached hydrogen (secondary N) is 2. The van der Waals surface area contributed by atoms with Crippen LogP contribution in [0.3, 0.4) is 0 Å². The van der Waals surface area contributed by atoms with Crippen molar-refractivity contribution in [3.05, 3.63) is 24.3 Å². The SMILES string of the molecule is [O-][S+](NC1CCCCC1)c1nc2ccccc2[nH]1. The van der Waals surface area contributed by atoms with Crippen molar-refractivity contribution < 1.29 is 4.55 Å². The largest absolute Gasteiger partial charge is 0.590 e. The second kappa shape index (κ2) is 5.30. The first-order valence-electron chi connectivity index (χ1n) is 6.45. The number of aromatic amines is 1. The van der Waals surface area contributed by atoms with Gasteiger partial charge in [0.25, 0.3) is 0 Å². The molecule has 18 heavy (non-hydrogen) atoms. The fraction of sp³-hybridized carbons (Fsp3) is 0.462. The number of para-hydroxylation sites is 2. The van der Waals surface area contributed by atoms with E-state index in [-0.39, 0.29) is 0 Å². The molecule has 2 N–H and O–H groups in total. The normalized spacial score (nSPS) is 19.2. The zero-order chi connectivity index (χ0) is 12.4. The van der Waals surface area contributed by atoms with Gasteiger partial charge in [0.1, 0.15) is 11.4 Å². The number of benzene rings is 1. The summed E-state index contributed by atoms with van der Waals surface area (Å²) in [6, 6.07) is 8.12. The molecule has 2 aromatic rings. The molecule has 4 nitrogen and oxygen atoms in total. The Morgan fingerprint density at radius 1 is 1.22 bits per heavy atom. The number of nitrogens with zero attached hydrogens (tertiary/aromatic N) is 1. The molecule has 1 heterocycles. The number of hydrogen-bond acceptors (Lipinski definition) is 3. The van der Waals surface area contributed by atoms with Crippen LogP contribution in [-0.2, 0) is 11.4 Å². The van der Waals surface area contributed by atoms with Crippen LogP contribution in [0.5, 0.6) is 0 Å². The predicted molar refractivity (Wildman–Crippen MR) is 72.5 cm³/mol. The molecule has 5 heteroatoms. The third-order valence-electron chi connectivity index (χ3n) is 3.42. The summed E-state index contributed by atoms with van der Waals surface area (Å²) in [6.45, 7) is 0. The Morgan fingerprint density at radius 3 is 2.78 bits per heavy atom. The molecule has 0 spiro atoms. The van der Waals surface area contributed by atoms with Crippen LogP contribution in [0.15, 0.2) is 29.4 Å². The Balaban J connectivity index is 1.72. The lowest BCUT2D eigenvalue weighted by molar-refractivity contribution is 0.411. The van der Waals surface area contributed by atoms with Crippen LogP contribution >= 0.6 is 0 Å². The summed E-state index contributed by atoms with van der Waals surface area (Å²) in [5, 5.41) is 0.529.